The highest BCUT2D eigenvalue weighted by Gasteiger charge is 2.07. The summed E-state index contributed by atoms with van der Waals surface area (Å²) in [6.07, 6.45) is 0. The molecule has 2 aromatic carbocycles. The Hall–Kier alpha value is -1.91. The van der Waals surface area contributed by atoms with E-state index in [1.807, 2.05) is 6.07 Å². The fourth-order valence-electron chi connectivity index (χ4n) is 1.79. The minimum atomic E-state index is -0.405. The molecule has 0 atom stereocenters. The Balaban J connectivity index is 2.05. The third kappa shape index (κ3) is 4.29. The molecule has 4 nitrogen and oxygen atoms in total. The van der Waals surface area contributed by atoms with E-state index in [0.717, 1.165) is 5.56 Å². The Labute approximate surface area is 138 Å². The molecule has 0 spiro atoms. The minimum absolute atomic E-state index is 0.302. The average Bonchev–Trinajstić information content (AvgIpc) is 2.46. The molecular weight excluding hydrogens is 327 g/mol. The second-order valence-corrected chi connectivity index (χ2v) is 5.26. The van der Waals surface area contributed by atoms with Crippen molar-refractivity contribution in [2.45, 2.75) is 13.5 Å². The van der Waals surface area contributed by atoms with Crippen LogP contribution in [0.25, 0.3) is 0 Å². The maximum atomic E-state index is 10.9. The maximum Gasteiger partial charge on any atom is 0.308 e. The highest BCUT2D eigenvalue weighted by atomic mass is 35.5. The van der Waals surface area contributed by atoms with E-state index < -0.39 is 5.97 Å². The lowest BCUT2D eigenvalue weighted by molar-refractivity contribution is -0.131. The summed E-state index contributed by atoms with van der Waals surface area (Å²) in [5, 5.41) is 0.873. The quantitative estimate of drug-likeness (QED) is 0.593. The molecule has 0 radical (unpaired) electrons. The molecule has 0 aliphatic heterocycles. The molecule has 0 aliphatic rings. The van der Waals surface area contributed by atoms with Crippen LogP contribution in [0.15, 0.2) is 36.4 Å². The second-order valence-electron chi connectivity index (χ2n) is 4.44. The van der Waals surface area contributed by atoms with Gasteiger partial charge in [0, 0.05) is 13.0 Å². The van der Waals surface area contributed by atoms with Gasteiger partial charge in [0.05, 0.1) is 17.2 Å². The van der Waals surface area contributed by atoms with Gasteiger partial charge in [-0.1, -0.05) is 29.3 Å². The number of rotatable bonds is 5. The summed E-state index contributed by atoms with van der Waals surface area (Å²) in [6, 6.07) is 10.2. The van der Waals surface area contributed by atoms with Crippen LogP contribution in [0.4, 0.5) is 0 Å². The van der Waals surface area contributed by atoms with Crippen molar-refractivity contribution >= 4 is 29.2 Å². The lowest BCUT2D eigenvalue weighted by atomic mass is 10.2. The number of esters is 1. The van der Waals surface area contributed by atoms with Crippen LogP contribution in [0.3, 0.4) is 0 Å². The van der Waals surface area contributed by atoms with Crippen LogP contribution in [0, 0.1) is 0 Å². The number of ether oxygens (including phenoxy) is 3. The second kappa shape index (κ2) is 7.38. The lowest BCUT2D eigenvalue weighted by Crippen LogP contribution is -2.01. The Kier molecular flexibility index (Phi) is 5.52. The van der Waals surface area contributed by atoms with E-state index >= 15 is 0 Å². The van der Waals surface area contributed by atoms with Gasteiger partial charge in [-0.15, -0.1) is 0 Å². The lowest BCUT2D eigenvalue weighted by Gasteiger charge is -2.10. The van der Waals surface area contributed by atoms with E-state index in [-0.39, 0.29) is 0 Å². The molecule has 0 amide bonds. The molecule has 0 saturated carbocycles. The molecule has 0 saturated heterocycles. The van der Waals surface area contributed by atoms with Crippen molar-refractivity contribution in [2.24, 2.45) is 0 Å². The summed E-state index contributed by atoms with van der Waals surface area (Å²) in [5.74, 6) is 1.06. The van der Waals surface area contributed by atoms with Gasteiger partial charge in [-0.2, -0.15) is 0 Å². The Morgan fingerprint density at radius 3 is 2.32 bits per heavy atom. The normalized spacial score (nSPS) is 10.2. The number of benzene rings is 2. The molecule has 0 aliphatic carbocycles. The number of carbonyl (C=O) groups is 1. The summed E-state index contributed by atoms with van der Waals surface area (Å²) in [5.41, 5.74) is 0.880. The largest absolute Gasteiger partial charge is 0.495 e. The van der Waals surface area contributed by atoms with Crippen LogP contribution in [-0.4, -0.2) is 13.1 Å². The zero-order chi connectivity index (χ0) is 16.1. The number of halogens is 2. The zero-order valence-corrected chi connectivity index (χ0v) is 13.6. The summed E-state index contributed by atoms with van der Waals surface area (Å²) in [7, 11) is 1.56. The molecule has 0 N–H and O–H groups in total. The fourth-order valence-corrected chi connectivity index (χ4v) is 2.29. The van der Waals surface area contributed by atoms with Crippen molar-refractivity contribution in [1.82, 2.24) is 0 Å². The van der Waals surface area contributed by atoms with Crippen molar-refractivity contribution < 1.29 is 19.0 Å². The van der Waals surface area contributed by atoms with E-state index in [4.69, 9.17) is 37.4 Å². The molecule has 0 bridgehead atoms. The van der Waals surface area contributed by atoms with Gasteiger partial charge in [0.2, 0.25) is 0 Å². The SMILES string of the molecule is COc1ccc(COc2ccc(OC(C)=O)cc2Cl)cc1Cl. The maximum absolute atomic E-state index is 10.9. The van der Waals surface area contributed by atoms with E-state index in [1.54, 1.807) is 31.4 Å². The molecule has 0 aromatic heterocycles. The van der Waals surface area contributed by atoms with Gasteiger partial charge in [0.15, 0.2) is 0 Å². The predicted molar refractivity (Wildman–Crippen MR) is 85.1 cm³/mol. The Morgan fingerprint density at radius 2 is 1.73 bits per heavy atom. The summed E-state index contributed by atoms with van der Waals surface area (Å²) in [4.78, 5) is 10.9. The molecule has 2 aromatic rings. The first-order chi connectivity index (χ1) is 10.5. The first-order valence-corrected chi connectivity index (χ1v) is 7.18. The van der Waals surface area contributed by atoms with Crippen molar-refractivity contribution in [3.05, 3.63) is 52.0 Å². The van der Waals surface area contributed by atoms with Crippen molar-refractivity contribution in [1.29, 1.82) is 0 Å². The number of hydrogen-bond acceptors (Lipinski definition) is 4. The van der Waals surface area contributed by atoms with Crippen LogP contribution in [0.5, 0.6) is 17.2 Å². The average molecular weight is 341 g/mol. The zero-order valence-electron chi connectivity index (χ0n) is 12.1. The number of methoxy groups -OCH3 is 1. The first-order valence-electron chi connectivity index (χ1n) is 6.43. The van der Waals surface area contributed by atoms with Crippen LogP contribution >= 0.6 is 23.2 Å². The van der Waals surface area contributed by atoms with Crippen LogP contribution in [0.1, 0.15) is 12.5 Å². The summed E-state index contributed by atoms with van der Waals surface area (Å²) in [6.45, 7) is 1.63. The van der Waals surface area contributed by atoms with Gasteiger partial charge in [0.25, 0.3) is 0 Å². The predicted octanol–water partition coefficient (Wildman–Crippen LogP) is 4.51. The highest BCUT2D eigenvalue weighted by molar-refractivity contribution is 6.32. The van der Waals surface area contributed by atoms with Gasteiger partial charge < -0.3 is 14.2 Å². The van der Waals surface area contributed by atoms with Gasteiger partial charge in [-0.25, -0.2) is 0 Å². The van der Waals surface area contributed by atoms with Gasteiger partial charge in [0.1, 0.15) is 23.9 Å². The smallest absolute Gasteiger partial charge is 0.308 e. The fraction of sp³-hybridized carbons (Fsp3) is 0.188. The molecule has 2 rings (SSSR count). The molecule has 0 heterocycles. The van der Waals surface area contributed by atoms with Crippen LogP contribution < -0.4 is 14.2 Å². The van der Waals surface area contributed by atoms with E-state index in [1.165, 1.54) is 13.0 Å². The van der Waals surface area contributed by atoms with E-state index in [0.29, 0.717) is 33.9 Å². The number of hydrogen-bond donors (Lipinski definition) is 0. The van der Waals surface area contributed by atoms with Gasteiger partial charge in [-0.05, 0) is 29.8 Å². The third-order valence-electron chi connectivity index (χ3n) is 2.78. The molecular formula is C16H14Cl2O4. The van der Waals surface area contributed by atoms with Gasteiger partial charge >= 0.3 is 5.97 Å². The van der Waals surface area contributed by atoms with Gasteiger partial charge in [-0.3, -0.25) is 4.79 Å². The van der Waals surface area contributed by atoms with Crippen molar-refractivity contribution in [3.8, 4) is 17.2 Å². The summed E-state index contributed by atoms with van der Waals surface area (Å²) < 4.78 is 15.7. The highest BCUT2D eigenvalue weighted by Crippen LogP contribution is 2.30. The van der Waals surface area contributed by atoms with Crippen LogP contribution in [0.2, 0.25) is 10.0 Å². The first kappa shape index (κ1) is 16.5. The molecule has 22 heavy (non-hydrogen) atoms. The standard InChI is InChI=1S/C16H14Cl2O4/c1-10(19)22-12-4-6-16(14(18)8-12)21-9-11-3-5-15(20-2)13(17)7-11/h3-8H,9H2,1-2H3. The third-order valence-corrected chi connectivity index (χ3v) is 3.37. The molecule has 6 heteroatoms. The van der Waals surface area contributed by atoms with Crippen molar-refractivity contribution in [2.75, 3.05) is 7.11 Å². The molecule has 116 valence electrons. The summed E-state index contributed by atoms with van der Waals surface area (Å²) >= 11 is 12.2. The molecule has 0 fully saturated rings. The molecule has 0 unspecified atom stereocenters. The Morgan fingerprint density at radius 1 is 1.05 bits per heavy atom. The van der Waals surface area contributed by atoms with Crippen LogP contribution in [-0.2, 0) is 11.4 Å². The van der Waals surface area contributed by atoms with E-state index in [2.05, 4.69) is 0 Å². The topological polar surface area (TPSA) is 44.8 Å². The van der Waals surface area contributed by atoms with E-state index in [9.17, 15) is 4.79 Å². The monoisotopic (exact) mass is 340 g/mol. The Bertz CT molecular complexity index is 686. The number of carbonyl (C=O) groups excluding carboxylic acids is 1. The minimum Gasteiger partial charge on any atom is -0.495 e. The van der Waals surface area contributed by atoms with Crippen molar-refractivity contribution in [3.63, 3.8) is 0 Å².